The lowest BCUT2D eigenvalue weighted by molar-refractivity contribution is -0.163. The number of carbonyl (C=O) groups is 2. The number of nitrogens with two attached hydrogens (primary N) is 1. The number of rotatable bonds is 17. The summed E-state index contributed by atoms with van der Waals surface area (Å²) in [6.45, 7) is 10.4. The third-order valence-electron chi connectivity index (χ3n) is 5.35. The van der Waals surface area contributed by atoms with E-state index in [0.29, 0.717) is 17.7 Å². The molecule has 0 radical (unpaired) electrons. The Morgan fingerprint density at radius 2 is 1.89 bits per heavy atom. The van der Waals surface area contributed by atoms with E-state index in [2.05, 4.69) is 27.0 Å². The van der Waals surface area contributed by atoms with E-state index in [0.717, 1.165) is 25.7 Å². The summed E-state index contributed by atoms with van der Waals surface area (Å²) in [5.74, 6) is -1.01. The number of imidazole rings is 1. The molecule has 0 fully saturated rings. The highest BCUT2D eigenvalue weighted by atomic mass is 31.2. The van der Waals surface area contributed by atoms with Gasteiger partial charge in [0.15, 0.2) is 17.1 Å². The van der Waals surface area contributed by atoms with Gasteiger partial charge in [-0.15, -0.1) is 0 Å². The molecule has 3 N–H and O–H groups in total. The number of nitrogens with zero attached hydrogens (tertiary/aromatic N) is 4. The van der Waals surface area contributed by atoms with Gasteiger partial charge >= 0.3 is 11.9 Å². The van der Waals surface area contributed by atoms with E-state index in [1.54, 1.807) is 31.7 Å². The van der Waals surface area contributed by atoms with Gasteiger partial charge in [0.05, 0.1) is 31.7 Å². The molecule has 38 heavy (non-hydrogen) atoms. The van der Waals surface area contributed by atoms with Crippen LogP contribution < -0.4 is 10.8 Å². The van der Waals surface area contributed by atoms with Gasteiger partial charge in [0.2, 0.25) is 0 Å². The maximum Gasteiger partial charge on any atom is 0.338 e. The quantitative estimate of drug-likeness (QED) is 0.166. The van der Waals surface area contributed by atoms with Crippen molar-refractivity contribution in [3.63, 3.8) is 0 Å². The average Bonchev–Trinajstić information content (AvgIpc) is 3.25. The second-order valence-corrected chi connectivity index (χ2v) is 11.9. The molecule has 1 unspecified atom stereocenters. The SMILES string of the molecule is CCCCCCOC(=O)CNP(=O)(CO[C@H](C)Cn1cnc2c(N)ncnc21)OC(C)(C)C(=O)OC(C)C. The predicted octanol–water partition coefficient (Wildman–Crippen LogP) is 3.42. The predicted molar refractivity (Wildman–Crippen MR) is 142 cm³/mol. The number of hydrogen-bond acceptors (Lipinski definition) is 11. The Morgan fingerprint density at radius 3 is 2.58 bits per heavy atom. The average molecular weight is 557 g/mol. The van der Waals surface area contributed by atoms with Crippen LogP contribution in [0.25, 0.3) is 11.2 Å². The maximum absolute atomic E-state index is 13.8. The van der Waals surface area contributed by atoms with Crippen molar-refractivity contribution in [2.75, 3.05) is 25.2 Å². The molecular formula is C24H41N6O7P. The van der Waals surface area contributed by atoms with Gasteiger partial charge in [0.1, 0.15) is 24.7 Å². The highest BCUT2D eigenvalue weighted by Crippen LogP contribution is 2.47. The molecule has 13 nitrogen and oxygen atoms in total. The van der Waals surface area contributed by atoms with Gasteiger partial charge < -0.3 is 24.5 Å². The van der Waals surface area contributed by atoms with E-state index >= 15 is 0 Å². The van der Waals surface area contributed by atoms with E-state index in [1.165, 1.54) is 20.2 Å². The van der Waals surface area contributed by atoms with E-state index in [-0.39, 0.29) is 25.1 Å². The molecule has 2 aromatic heterocycles. The Kier molecular flexibility index (Phi) is 12.1. The van der Waals surface area contributed by atoms with Gasteiger partial charge in [0.25, 0.3) is 7.52 Å². The van der Waals surface area contributed by atoms with Crippen LogP contribution in [0.2, 0.25) is 0 Å². The number of carbonyl (C=O) groups excluding carboxylic acids is 2. The third kappa shape index (κ3) is 9.94. The van der Waals surface area contributed by atoms with E-state index in [9.17, 15) is 14.2 Å². The van der Waals surface area contributed by atoms with E-state index in [4.69, 9.17) is 24.5 Å². The number of aromatic nitrogens is 4. The largest absolute Gasteiger partial charge is 0.465 e. The molecule has 0 spiro atoms. The lowest BCUT2D eigenvalue weighted by Crippen LogP contribution is -2.40. The minimum absolute atomic E-state index is 0.261. The summed E-state index contributed by atoms with van der Waals surface area (Å²) in [5.41, 5.74) is 5.27. The summed E-state index contributed by atoms with van der Waals surface area (Å²) in [6.07, 6.45) is 5.47. The summed E-state index contributed by atoms with van der Waals surface area (Å²) in [6, 6.07) is 0. The number of hydrogen-bond donors (Lipinski definition) is 2. The van der Waals surface area contributed by atoms with Crippen molar-refractivity contribution < 1.29 is 32.9 Å². The first-order valence-electron chi connectivity index (χ1n) is 12.8. The summed E-state index contributed by atoms with van der Waals surface area (Å²) in [5, 5.41) is 2.63. The standard InChI is InChI=1S/C24H41N6O7P/c1-7-8-9-10-11-34-19(31)12-29-38(33,37-24(5,6)23(32)36-17(2)3)16-35-18(4)13-30-15-28-20-21(25)26-14-27-22(20)30/h14-15,17-18H,7-13,16H2,1-6H3,(H,29,33)(H2,25,26,27)/t18-,38?/m1/s1. The number of fused-ring (bicyclic) bond motifs is 1. The molecule has 0 aliphatic carbocycles. The summed E-state index contributed by atoms with van der Waals surface area (Å²) in [7, 11) is -3.89. The van der Waals surface area contributed by atoms with Crippen molar-refractivity contribution in [3.05, 3.63) is 12.7 Å². The lowest BCUT2D eigenvalue weighted by Gasteiger charge is -2.30. The van der Waals surface area contributed by atoms with Crippen molar-refractivity contribution >= 4 is 36.4 Å². The maximum atomic E-state index is 13.8. The molecule has 0 amide bonds. The van der Waals surface area contributed by atoms with Crippen molar-refractivity contribution in [3.8, 4) is 0 Å². The van der Waals surface area contributed by atoms with Gasteiger partial charge in [-0.3, -0.25) is 13.9 Å². The molecule has 14 heteroatoms. The molecule has 0 bridgehead atoms. The van der Waals surface area contributed by atoms with Gasteiger partial charge in [-0.2, -0.15) is 0 Å². The van der Waals surface area contributed by atoms with Gasteiger partial charge in [-0.05, 0) is 41.0 Å². The zero-order valence-corrected chi connectivity index (χ0v) is 24.0. The van der Waals surface area contributed by atoms with Crippen LogP contribution in [0.4, 0.5) is 5.82 Å². The van der Waals surface area contributed by atoms with Crippen molar-refractivity contribution in [1.29, 1.82) is 0 Å². The first-order valence-corrected chi connectivity index (χ1v) is 14.6. The number of esters is 2. The monoisotopic (exact) mass is 556 g/mol. The lowest BCUT2D eigenvalue weighted by atomic mass is 10.1. The number of anilines is 1. The fourth-order valence-corrected chi connectivity index (χ4v) is 5.25. The van der Waals surface area contributed by atoms with Crippen LogP contribution in [0.5, 0.6) is 0 Å². The minimum atomic E-state index is -3.89. The van der Waals surface area contributed by atoms with Crippen LogP contribution in [0.3, 0.4) is 0 Å². The van der Waals surface area contributed by atoms with E-state index in [1.807, 2.05) is 0 Å². The molecule has 2 atom stereocenters. The molecule has 0 saturated heterocycles. The Hall–Kier alpha value is -2.60. The second kappa shape index (κ2) is 14.5. The molecule has 214 valence electrons. The topological polar surface area (TPSA) is 170 Å². The van der Waals surface area contributed by atoms with Crippen molar-refractivity contribution in [2.24, 2.45) is 0 Å². The Labute approximate surface area is 223 Å². The van der Waals surface area contributed by atoms with Crippen LogP contribution in [0, 0.1) is 0 Å². The Balaban J connectivity index is 2.05. The van der Waals surface area contributed by atoms with Crippen LogP contribution in [-0.2, 0) is 39.4 Å². The molecule has 0 saturated carbocycles. The molecule has 2 aromatic rings. The zero-order valence-electron chi connectivity index (χ0n) is 23.1. The molecule has 0 aliphatic heterocycles. The highest BCUT2D eigenvalue weighted by molar-refractivity contribution is 7.56. The molecule has 0 aliphatic rings. The van der Waals surface area contributed by atoms with Crippen LogP contribution in [0.15, 0.2) is 12.7 Å². The molecule has 0 aromatic carbocycles. The number of nitrogen functional groups attached to an aromatic ring is 1. The molecular weight excluding hydrogens is 515 g/mol. The third-order valence-corrected chi connectivity index (χ3v) is 7.23. The van der Waals surface area contributed by atoms with Crippen LogP contribution in [-0.4, -0.2) is 68.8 Å². The summed E-state index contributed by atoms with van der Waals surface area (Å²) >= 11 is 0. The molecule has 2 heterocycles. The fraction of sp³-hybridized carbons (Fsp3) is 0.708. The zero-order chi connectivity index (χ0) is 28.3. The van der Waals surface area contributed by atoms with Crippen molar-refractivity contribution in [1.82, 2.24) is 24.6 Å². The summed E-state index contributed by atoms with van der Waals surface area (Å²) in [4.78, 5) is 37.2. The Morgan fingerprint density at radius 1 is 1.16 bits per heavy atom. The first kappa shape index (κ1) is 31.6. The summed E-state index contributed by atoms with van der Waals surface area (Å²) < 4.78 is 37.6. The van der Waals surface area contributed by atoms with Gasteiger partial charge in [-0.1, -0.05) is 26.2 Å². The normalized spacial score (nSPS) is 14.4. The van der Waals surface area contributed by atoms with E-state index < -0.39 is 37.5 Å². The smallest absolute Gasteiger partial charge is 0.338 e. The Bertz CT molecular complexity index is 1110. The highest BCUT2D eigenvalue weighted by Gasteiger charge is 2.40. The number of nitrogens with one attached hydrogen (secondary N) is 1. The molecule has 2 rings (SSSR count). The number of ether oxygens (including phenoxy) is 3. The van der Waals surface area contributed by atoms with Gasteiger partial charge in [-0.25, -0.2) is 24.8 Å². The fourth-order valence-electron chi connectivity index (χ4n) is 3.40. The minimum Gasteiger partial charge on any atom is -0.465 e. The van der Waals surface area contributed by atoms with Gasteiger partial charge in [0, 0.05) is 0 Å². The first-order chi connectivity index (χ1) is 17.9. The van der Waals surface area contributed by atoms with Crippen LogP contribution >= 0.6 is 7.52 Å². The number of unbranched alkanes of at least 4 members (excludes halogenated alkanes) is 3. The van der Waals surface area contributed by atoms with Crippen LogP contribution in [0.1, 0.15) is 67.2 Å². The second-order valence-electron chi connectivity index (χ2n) is 9.78. The van der Waals surface area contributed by atoms with Crippen molar-refractivity contribution in [2.45, 2.75) is 91.6 Å².